The zero-order chi connectivity index (χ0) is 18.0. The summed E-state index contributed by atoms with van der Waals surface area (Å²) in [7, 11) is 0. The summed E-state index contributed by atoms with van der Waals surface area (Å²) >= 11 is 0. The normalized spacial score (nSPS) is 17.0. The van der Waals surface area contributed by atoms with Crippen molar-refractivity contribution in [2.75, 3.05) is 11.4 Å². The molecule has 4 nitrogen and oxygen atoms in total. The predicted octanol–water partition coefficient (Wildman–Crippen LogP) is 3.11. The number of carbonyl (C=O) groups excluding carboxylic acids is 2. The number of aryl methyl sites for hydroxylation is 2. The van der Waals surface area contributed by atoms with Gasteiger partial charge in [-0.3, -0.25) is 9.59 Å². The highest BCUT2D eigenvalue weighted by Gasteiger charge is 2.37. The Labute approximate surface area is 146 Å². The molecule has 0 radical (unpaired) electrons. The molecule has 1 fully saturated rings. The van der Waals surface area contributed by atoms with E-state index in [1.165, 1.54) is 12.1 Å². The lowest BCUT2D eigenvalue weighted by molar-refractivity contribution is -0.132. The van der Waals surface area contributed by atoms with E-state index < -0.39 is 5.92 Å². The minimum Gasteiger partial charge on any atom is -0.351 e. The topological polar surface area (TPSA) is 49.4 Å². The van der Waals surface area contributed by atoms with Gasteiger partial charge in [0.15, 0.2) is 0 Å². The lowest BCUT2D eigenvalue weighted by atomic mass is 10.1. The van der Waals surface area contributed by atoms with Crippen LogP contribution in [0.2, 0.25) is 0 Å². The number of nitrogens with zero attached hydrogens (tertiary/aromatic N) is 1. The Balaban J connectivity index is 1.64. The van der Waals surface area contributed by atoms with Gasteiger partial charge in [0.25, 0.3) is 0 Å². The third-order valence-corrected chi connectivity index (χ3v) is 4.42. The minimum absolute atomic E-state index is 0.165. The van der Waals surface area contributed by atoms with Gasteiger partial charge in [-0.15, -0.1) is 0 Å². The third kappa shape index (κ3) is 3.87. The number of benzene rings is 2. The van der Waals surface area contributed by atoms with Gasteiger partial charge in [-0.1, -0.05) is 18.2 Å². The summed E-state index contributed by atoms with van der Waals surface area (Å²) in [6, 6.07) is 11.9. The van der Waals surface area contributed by atoms with Gasteiger partial charge >= 0.3 is 0 Å². The smallest absolute Gasteiger partial charge is 0.239 e. The van der Waals surface area contributed by atoms with Crippen molar-refractivity contribution in [3.8, 4) is 0 Å². The van der Waals surface area contributed by atoms with Crippen LogP contribution in [0.3, 0.4) is 0 Å². The second-order valence-corrected chi connectivity index (χ2v) is 6.52. The number of halogens is 1. The van der Waals surface area contributed by atoms with Gasteiger partial charge in [-0.25, -0.2) is 4.39 Å². The SMILES string of the molecule is Cc1cc(C)cc(N2CCC(C(=O)NCc3ccc(F)cc3)C2=O)c1. The highest BCUT2D eigenvalue weighted by atomic mass is 19.1. The molecule has 2 aromatic rings. The molecule has 0 aromatic heterocycles. The maximum absolute atomic E-state index is 12.9. The molecule has 0 bridgehead atoms. The zero-order valence-electron chi connectivity index (χ0n) is 14.4. The van der Waals surface area contributed by atoms with E-state index in [9.17, 15) is 14.0 Å². The van der Waals surface area contributed by atoms with E-state index in [0.717, 1.165) is 22.4 Å². The fourth-order valence-corrected chi connectivity index (χ4v) is 3.20. The molecule has 2 amide bonds. The molecule has 0 aliphatic carbocycles. The summed E-state index contributed by atoms with van der Waals surface area (Å²) in [5.74, 6) is -1.42. The molecule has 1 heterocycles. The van der Waals surface area contributed by atoms with E-state index in [0.29, 0.717) is 13.0 Å². The average molecular weight is 340 g/mol. The summed E-state index contributed by atoms with van der Waals surface area (Å²) in [4.78, 5) is 26.7. The maximum atomic E-state index is 12.9. The monoisotopic (exact) mass is 340 g/mol. The van der Waals surface area contributed by atoms with Crippen molar-refractivity contribution < 1.29 is 14.0 Å². The van der Waals surface area contributed by atoms with Crippen molar-refractivity contribution in [3.05, 3.63) is 65.0 Å². The molecule has 1 aliphatic heterocycles. The van der Waals surface area contributed by atoms with E-state index in [1.54, 1.807) is 17.0 Å². The fourth-order valence-electron chi connectivity index (χ4n) is 3.20. The van der Waals surface area contributed by atoms with Crippen LogP contribution in [-0.2, 0) is 16.1 Å². The van der Waals surface area contributed by atoms with Crippen LogP contribution in [-0.4, -0.2) is 18.4 Å². The fraction of sp³-hybridized carbons (Fsp3) is 0.300. The summed E-state index contributed by atoms with van der Waals surface area (Å²) in [6.07, 6.45) is 0.501. The maximum Gasteiger partial charge on any atom is 0.239 e. The zero-order valence-corrected chi connectivity index (χ0v) is 14.4. The summed E-state index contributed by atoms with van der Waals surface area (Å²) in [5.41, 5.74) is 3.82. The molecule has 1 saturated heterocycles. The molecule has 2 aromatic carbocycles. The van der Waals surface area contributed by atoms with E-state index >= 15 is 0 Å². The minimum atomic E-state index is -0.665. The number of amides is 2. The van der Waals surface area contributed by atoms with E-state index in [2.05, 4.69) is 11.4 Å². The molecule has 1 aliphatic rings. The van der Waals surface area contributed by atoms with Crippen LogP contribution in [0, 0.1) is 25.6 Å². The first kappa shape index (κ1) is 17.1. The molecule has 130 valence electrons. The van der Waals surface area contributed by atoms with Crippen LogP contribution in [0.1, 0.15) is 23.1 Å². The molecule has 5 heteroatoms. The van der Waals surface area contributed by atoms with Crippen LogP contribution in [0.25, 0.3) is 0 Å². The van der Waals surface area contributed by atoms with Gasteiger partial charge < -0.3 is 10.2 Å². The van der Waals surface area contributed by atoms with Gasteiger partial charge in [-0.2, -0.15) is 0 Å². The Morgan fingerprint density at radius 2 is 1.80 bits per heavy atom. The highest BCUT2D eigenvalue weighted by Crippen LogP contribution is 2.27. The van der Waals surface area contributed by atoms with Crippen molar-refractivity contribution in [2.45, 2.75) is 26.8 Å². The van der Waals surface area contributed by atoms with Crippen LogP contribution in [0.15, 0.2) is 42.5 Å². The van der Waals surface area contributed by atoms with Gasteiger partial charge in [0.1, 0.15) is 11.7 Å². The van der Waals surface area contributed by atoms with Crippen molar-refractivity contribution in [3.63, 3.8) is 0 Å². The van der Waals surface area contributed by atoms with Crippen molar-refractivity contribution in [1.82, 2.24) is 5.32 Å². The Bertz CT molecular complexity index is 782. The highest BCUT2D eigenvalue weighted by molar-refractivity contribution is 6.09. The number of hydrogen-bond acceptors (Lipinski definition) is 2. The van der Waals surface area contributed by atoms with Gasteiger partial charge in [0.05, 0.1) is 0 Å². The molecule has 0 saturated carbocycles. The second kappa shape index (κ2) is 7.05. The number of carbonyl (C=O) groups is 2. The lowest BCUT2D eigenvalue weighted by Crippen LogP contribution is -2.36. The third-order valence-electron chi connectivity index (χ3n) is 4.42. The molecule has 1 atom stereocenters. The number of rotatable bonds is 4. The summed E-state index contributed by atoms with van der Waals surface area (Å²) in [5, 5.41) is 2.78. The van der Waals surface area contributed by atoms with Crippen molar-refractivity contribution in [2.24, 2.45) is 5.92 Å². The van der Waals surface area contributed by atoms with Crippen LogP contribution < -0.4 is 10.2 Å². The number of hydrogen-bond donors (Lipinski definition) is 1. The number of nitrogens with one attached hydrogen (secondary N) is 1. The predicted molar refractivity (Wildman–Crippen MR) is 94.6 cm³/mol. The number of anilines is 1. The van der Waals surface area contributed by atoms with Crippen LogP contribution in [0.5, 0.6) is 0 Å². The van der Waals surface area contributed by atoms with Gasteiger partial charge in [0, 0.05) is 18.8 Å². The summed E-state index contributed by atoms with van der Waals surface area (Å²) < 4.78 is 12.9. The molecule has 0 spiro atoms. The molecule has 3 rings (SSSR count). The van der Waals surface area contributed by atoms with E-state index in [1.807, 2.05) is 26.0 Å². The first-order valence-corrected chi connectivity index (χ1v) is 8.36. The quantitative estimate of drug-likeness (QED) is 0.870. The Morgan fingerprint density at radius 3 is 2.44 bits per heavy atom. The van der Waals surface area contributed by atoms with E-state index in [4.69, 9.17) is 0 Å². The summed E-state index contributed by atoms with van der Waals surface area (Å²) in [6.45, 7) is 4.80. The lowest BCUT2D eigenvalue weighted by Gasteiger charge is -2.18. The van der Waals surface area contributed by atoms with Crippen molar-refractivity contribution in [1.29, 1.82) is 0 Å². The van der Waals surface area contributed by atoms with Crippen LogP contribution in [0.4, 0.5) is 10.1 Å². The largest absolute Gasteiger partial charge is 0.351 e. The average Bonchev–Trinajstić information content (AvgIpc) is 2.95. The Kier molecular flexibility index (Phi) is 4.83. The van der Waals surface area contributed by atoms with Crippen molar-refractivity contribution >= 4 is 17.5 Å². The van der Waals surface area contributed by atoms with Gasteiger partial charge in [0.2, 0.25) is 11.8 Å². The first-order chi connectivity index (χ1) is 11.9. The van der Waals surface area contributed by atoms with Gasteiger partial charge in [-0.05, 0) is 61.2 Å². The molecule has 1 N–H and O–H groups in total. The van der Waals surface area contributed by atoms with Crippen LogP contribution >= 0.6 is 0 Å². The molecule has 25 heavy (non-hydrogen) atoms. The molecule has 1 unspecified atom stereocenters. The standard InChI is InChI=1S/C20H21FN2O2/c1-13-9-14(2)11-17(10-13)23-8-7-18(20(23)25)19(24)22-12-15-3-5-16(21)6-4-15/h3-6,9-11,18H,7-8,12H2,1-2H3,(H,22,24). The second-order valence-electron chi connectivity index (χ2n) is 6.52. The molecular weight excluding hydrogens is 319 g/mol. The Hall–Kier alpha value is -2.69. The molecular formula is C20H21FN2O2. The Morgan fingerprint density at radius 1 is 1.16 bits per heavy atom. The van der Waals surface area contributed by atoms with E-state index in [-0.39, 0.29) is 24.2 Å². The first-order valence-electron chi connectivity index (χ1n) is 8.36.